The number of urea groups is 1. The summed E-state index contributed by atoms with van der Waals surface area (Å²) in [7, 11) is 0. The van der Waals surface area contributed by atoms with Crippen LogP contribution in [0.15, 0.2) is 4.42 Å². The van der Waals surface area contributed by atoms with E-state index in [9.17, 15) is 4.79 Å². The van der Waals surface area contributed by atoms with Gasteiger partial charge in [0.1, 0.15) is 0 Å². The molecule has 2 amide bonds. The smallest absolute Gasteiger partial charge is 0.323 e. The van der Waals surface area contributed by atoms with Gasteiger partial charge in [-0.3, -0.25) is 5.32 Å². The molecule has 17 heavy (non-hydrogen) atoms. The Bertz CT molecular complexity index is 409. The summed E-state index contributed by atoms with van der Waals surface area (Å²) in [6.07, 6.45) is 4.21. The molecule has 1 saturated carbocycles. The van der Waals surface area contributed by atoms with E-state index >= 15 is 0 Å². The van der Waals surface area contributed by atoms with E-state index in [1.54, 1.807) is 0 Å². The number of nitrogens with zero attached hydrogens (tertiary/aromatic N) is 2. The highest BCUT2D eigenvalue weighted by Gasteiger charge is 2.25. The molecule has 3 N–H and O–H groups in total. The Hall–Kier alpha value is -1.63. The minimum atomic E-state index is -0.276. The number of aromatic nitrogens is 2. The van der Waals surface area contributed by atoms with Crippen LogP contribution >= 0.6 is 0 Å². The zero-order valence-electron chi connectivity index (χ0n) is 9.40. The van der Waals surface area contributed by atoms with E-state index < -0.39 is 0 Å². The standard InChI is InChI=1S/C10H15N5O2/c16-9(12-6-3-4-6)13-10-15-14-8(17-10)7-2-1-5-11-7/h6-7,11H,1-5H2,(H2,12,13,15,16). The van der Waals surface area contributed by atoms with Crippen molar-refractivity contribution in [1.29, 1.82) is 0 Å². The summed E-state index contributed by atoms with van der Waals surface area (Å²) in [4.78, 5) is 11.4. The second-order valence-corrected chi connectivity index (χ2v) is 4.47. The van der Waals surface area contributed by atoms with Crippen LogP contribution in [0.4, 0.5) is 10.8 Å². The predicted molar refractivity (Wildman–Crippen MR) is 59.5 cm³/mol. The first-order valence-electron chi connectivity index (χ1n) is 5.95. The fourth-order valence-corrected chi connectivity index (χ4v) is 1.87. The Morgan fingerprint density at radius 1 is 1.35 bits per heavy atom. The number of nitrogens with one attached hydrogen (secondary N) is 3. The average molecular weight is 237 g/mol. The van der Waals surface area contributed by atoms with E-state index in [4.69, 9.17) is 4.42 Å². The Balaban J connectivity index is 1.57. The van der Waals surface area contributed by atoms with E-state index in [0.29, 0.717) is 11.9 Å². The lowest BCUT2D eigenvalue weighted by molar-refractivity contribution is 0.251. The fourth-order valence-electron chi connectivity index (χ4n) is 1.87. The first-order chi connectivity index (χ1) is 8.31. The van der Waals surface area contributed by atoms with Gasteiger partial charge in [-0.1, -0.05) is 5.10 Å². The summed E-state index contributed by atoms with van der Waals surface area (Å²) in [6, 6.07) is 0.326. The number of rotatable bonds is 3. The summed E-state index contributed by atoms with van der Waals surface area (Å²) in [6.45, 7) is 0.970. The van der Waals surface area contributed by atoms with Crippen LogP contribution in [-0.2, 0) is 0 Å². The van der Waals surface area contributed by atoms with Gasteiger partial charge in [-0.05, 0) is 32.2 Å². The van der Waals surface area contributed by atoms with Crippen LogP contribution in [0.25, 0.3) is 0 Å². The molecule has 1 atom stereocenters. The Labute approximate surface area is 98.4 Å². The highest BCUT2D eigenvalue weighted by Crippen LogP contribution is 2.23. The maximum absolute atomic E-state index is 11.4. The molecule has 1 saturated heterocycles. The van der Waals surface area contributed by atoms with E-state index in [-0.39, 0.29) is 18.1 Å². The second kappa shape index (κ2) is 4.33. The number of carbonyl (C=O) groups is 1. The molecule has 0 aromatic carbocycles. The quantitative estimate of drug-likeness (QED) is 0.722. The number of carbonyl (C=O) groups excluding carboxylic acids is 1. The van der Waals surface area contributed by atoms with Crippen molar-refractivity contribution in [2.45, 2.75) is 37.8 Å². The highest BCUT2D eigenvalue weighted by molar-refractivity contribution is 5.87. The third-order valence-electron chi connectivity index (χ3n) is 2.93. The van der Waals surface area contributed by atoms with Gasteiger partial charge in [0.15, 0.2) is 0 Å². The summed E-state index contributed by atoms with van der Waals surface area (Å²) < 4.78 is 5.38. The Kier molecular flexibility index (Phi) is 2.68. The maximum Gasteiger partial charge on any atom is 0.323 e. The molecule has 92 valence electrons. The van der Waals surface area contributed by atoms with Crippen LogP contribution in [0.3, 0.4) is 0 Å². The Morgan fingerprint density at radius 2 is 2.24 bits per heavy atom. The molecule has 0 spiro atoms. The van der Waals surface area contributed by atoms with Crippen molar-refractivity contribution in [3.63, 3.8) is 0 Å². The fraction of sp³-hybridized carbons (Fsp3) is 0.700. The van der Waals surface area contributed by atoms with Crippen molar-refractivity contribution in [2.75, 3.05) is 11.9 Å². The van der Waals surface area contributed by atoms with Gasteiger partial charge in [-0.15, -0.1) is 5.10 Å². The number of hydrogen-bond donors (Lipinski definition) is 3. The van der Waals surface area contributed by atoms with Crippen molar-refractivity contribution >= 4 is 12.0 Å². The molecule has 7 heteroatoms. The van der Waals surface area contributed by atoms with Gasteiger partial charge >= 0.3 is 12.0 Å². The van der Waals surface area contributed by atoms with E-state index in [1.807, 2.05) is 0 Å². The summed E-state index contributed by atoms with van der Waals surface area (Å²) >= 11 is 0. The summed E-state index contributed by atoms with van der Waals surface area (Å²) in [5, 5.41) is 16.3. The average Bonchev–Trinajstić information content (AvgIpc) is 2.84. The van der Waals surface area contributed by atoms with Gasteiger partial charge in [-0.25, -0.2) is 4.79 Å². The zero-order chi connectivity index (χ0) is 11.7. The van der Waals surface area contributed by atoms with Crippen LogP contribution in [0.1, 0.15) is 37.6 Å². The monoisotopic (exact) mass is 237 g/mol. The van der Waals surface area contributed by atoms with Crippen LogP contribution in [0.5, 0.6) is 0 Å². The van der Waals surface area contributed by atoms with Gasteiger partial charge in [-0.2, -0.15) is 0 Å². The van der Waals surface area contributed by atoms with Crippen molar-refractivity contribution in [2.24, 2.45) is 0 Å². The molecule has 1 aliphatic carbocycles. The third kappa shape index (κ3) is 2.55. The zero-order valence-corrected chi connectivity index (χ0v) is 9.40. The van der Waals surface area contributed by atoms with E-state index in [2.05, 4.69) is 26.1 Å². The van der Waals surface area contributed by atoms with Crippen molar-refractivity contribution < 1.29 is 9.21 Å². The molecule has 1 unspecified atom stereocenters. The lowest BCUT2D eigenvalue weighted by atomic mass is 10.2. The lowest BCUT2D eigenvalue weighted by Crippen LogP contribution is -2.30. The third-order valence-corrected chi connectivity index (χ3v) is 2.93. The van der Waals surface area contributed by atoms with Crippen molar-refractivity contribution in [3.8, 4) is 0 Å². The second-order valence-electron chi connectivity index (χ2n) is 4.47. The molecule has 1 aromatic rings. The highest BCUT2D eigenvalue weighted by atomic mass is 16.4. The lowest BCUT2D eigenvalue weighted by Gasteiger charge is -2.03. The van der Waals surface area contributed by atoms with Crippen molar-refractivity contribution in [1.82, 2.24) is 20.8 Å². The topological polar surface area (TPSA) is 92.1 Å². The minimum Gasteiger partial charge on any atom is -0.406 e. The van der Waals surface area contributed by atoms with Crippen LogP contribution in [0, 0.1) is 0 Å². The number of hydrogen-bond acceptors (Lipinski definition) is 5. The maximum atomic E-state index is 11.4. The van der Waals surface area contributed by atoms with Gasteiger partial charge in [0.05, 0.1) is 6.04 Å². The summed E-state index contributed by atoms with van der Waals surface area (Å²) in [5.74, 6) is 0.546. The number of amides is 2. The van der Waals surface area contributed by atoms with Gasteiger partial charge in [0.25, 0.3) is 0 Å². The molecular formula is C10H15N5O2. The molecule has 3 rings (SSSR count). The first-order valence-corrected chi connectivity index (χ1v) is 5.95. The van der Waals surface area contributed by atoms with Crippen molar-refractivity contribution in [3.05, 3.63) is 5.89 Å². The van der Waals surface area contributed by atoms with Crippen LogP contribution in [0.2, 0.25) is 0 Å². The summed E-state index contributed by atoms with van der Waals surface area (Å²) in [5.41, 5.74) is 0. The minimum absolute atomic E-state index is 0.129. The van der Waals surface area contributed by atoms with Crippen LogP contribution < -0.4 is 16.0 Å². The molecule has 2 fully saturated rings. The van der Waals surface area contributed by atoms with Crippen LogP contribution in [-0.4, -0.2) is 28.8 Å². The van der Waals surface area contributed by atoms with E-state index in [0.717, 1.165) is 32.2 Å². The van der Waals surface area contributed by atoms with Gasteiger partial charge in [0, 0.05) is 6.04 Å². The normalized spacial score (nSPS) is 23.6. The number of anilines is 1. The molecular weight excluding hydrogens is 222 g/mol. The van der Waals surface area contributed by atoms with E-state index in [1.165, 1.54) is 0 Å². The van der Waals surface area contributed by atoms with Gasteiger partial charge < -0.3 is 15.1 Å². The van der Waals surface area contributed by atoms with Gasteiger partial charge in [0.2, 0.25) is 5.89 Å². The molecule has 0 bridgehead atoms. The molecule has 1 aromatic heterocycles. The SMILES string of the molecule is O=C(Nc1nnc(C2CCCN2)o1)NC1CC1. The molecule has 0 radical (unpaired) electrons. The molecule has 7 nitrogen and oxygen atoms in total. The Morgan fingerprint density at radius 3 is 2.94 bits per heavy atom. The first kappa shape index (κ1) is 10.5. The predicted octanol–water partition coefficient (Wildman–Crippen LogP) is 0.778. The molecule has 2 heterocycles. The molecule has 2 aliphatic rings. The molecule has 1 aliphatic heterocycles. The largest absolute Gasteiger partial charge is 0.406 e.